The first-order chi connectivity index (χ1) is 13.5. The second kappa shape index (κ2) is 8.66. The molecule has 9 nitrogen and oxygen atoms in total. The molecule has 0 radical (unpaired) electrons. The summed E-state index contributed by atoms with van der Waals surface area (Å²) in [6.45, 7) is 7.23. The highest BCUT2D eigenvalue weighted by Crippen LogP contribution is 2.20. The molecule has 0 aliphatic carbocycles. The molecular weight excluding hydrogens is 360 g/mol. The molecule has 0 aliphatic heterocycles. The normalized spacial score (nSPS) is 11.2. The number of hydrogen-bond acceptors (Lipinski definition) is 5. The highest BCUT2D eigenvalue weighted by Gasteiger charge is 2.18. The lowest BCUT2D eigenvalue weighted by molar-refractivity contribution is -0.137. The number of nitrogens with one attached hydrogen (secondary N) is 1. The average Bonchev–Trinajstić information content (AvgIpc) is 3.26. The number of likely N-dealkylation sites (N-methyl/N-ethyl adjacent to an activating group) is 1. The van der Waals surface area contributed by atoms with E-state index in [0.717, 1.165) is 35.3 Å². The minimum atomic E-state index is -1.07. The number of nitrogens with zero attached hydrogens (tertiary/aromatic N) is 5. The van der Waals surface area contributed by atoms with E-state index in [1.807, 2.05) is 28.8 Å². The van der Waals surface area contributed by atoms with Crippen molar-refractivity contribution in [2.45, 2.75) is 26.9 Å². The molecule has 148 valence electrons. The van der Waals surface area contributed by atoms with Crippen LogP contribution in [-0.4, -0.2) is 60.8 Å². The van der Waals surface area contributed by atoms with E-state index in [1.165, 1.54) is 12.3 Å². The van der Waals surface area contributed by atoms with E-state index < -0.39 is 11.9 Å². The second-order valence-corrected chi connectivity index (χ2v) is 6.32. The Bertz CT molecular complexity index is 973. The molecule has 2 N–H and O–H groups in total. The van der Waals surface area contributed by atoms with Gasteiger partial charge in [0.1, 0.15) is 12.2 Å². The van der Waals surface area contributed by atoms with E-state index in [2.05, 4.69) is 34.1 Å². The van der Waals surface area contributed by atoms with Crippen LogP contribution >= 0.6 is 0 Å². The van der Waals surface area contributed by atoms with E-state index in [1.54, 1.807) is 0 Å². The Morgan fingerprint density at radius 3 is 2.64 bits per heavy atom. The largest absolute Gasteiger partial charge is 0.480 e. The van der Waals surface area contributed by atoms with E-state index in [9.17, 15) is 9.59 Å². The number of aromatic nitrogens is 4. The van der Waals surface area contributed by atoms with E-state index >= 15 is 0 Å². The molecule has 1 aromatic carbocycles. The molecule has 2 aromatic heterocycles. The van der Waals surface area contributed by atoms with Crippen LogP contribution in [0.1, 0.15) is 24.3 Å². The van der Waals surface area contributed by atoms with Crippen LogP contribution in [0.3, 0.4) is 0 Å². The van der Waals surface area contributed by atoms with Crippen LogP contribution in [0.4, 0.5) is 5.95 Å². The zero-order valence-electron chi connectivity index (χ0n) is 16.0. The molecule has 0 saturated carbocycles. The second-order valence-electron chi connectivity index (χ2n) is 6.32. The molecule has 28 heavy (non-hydrogen) atoms. The number of carbonyl (C=O) groups excluding carboxylic acids is 1. The van der Waals surface area contributed by atoms with E-state index in [-0.39, 0.29) is 12.2 Å². The van der Waals surface area contributed by atoms with Gasteiger partial charge in [-0.3, -0.25) is 14.9 Å². The van der Waals surface area contributed by atoms with Gasteiger partial charge in [-0.15, -0.1) is 0 Å². The number of anilines is 1. The van der Waals surface area contributed by atoms with Gasteiger partial charge in [-0.2, -0.15) is 5.10 Å². The number of carboxylic acids is 1. The minimum Gasteiger partial charge on any atom is -0.480 e. The smallest absolute Gasteiger partial charge is 0.325 e. The maximum absolute atomic E-state index is 12.7. The van der Waals surface area contributed by atoms with Gasteiger partial charge in [0.2, 0.25) is 5.95 Å². The van der Waals surface area contributed by atoms with Crippen LogP contribution in [-0.2, 0) is 17.9 Å². The van der Waals surface area contributed by atoms with Crippen LogP contribution in [0.5, 0.6) is 0 Å². The lowest BCUT2D eigenvalue weighted by Crippen LogP contribution is -2.28. The third-order valence-corrected chi connectivity index (χ3v) is 4.65. The van der Waals surface area contributed by atoms with Gasteiger partial charge in [0.25, 0.3) is 5.91 Å². The highest BCUT2D eigenvalue weighted by molar-refractivity contribution is 6.03. The first kappa shape index (κ1) is 19.6. The monoisotopic (exact) mass is 384 g/mol. The van der Waals surface area contributed by atoms with E-state index in [0.29, 0.717) is 12.5 Å². The van der Waals surface area contributed by atoms with Gasteiger partial charge in [-0.1, -0.05) is 26.0 Å². The average molecular weight is 384 g/mol. The summed E-state index contributed by atoms with van der Waals surface area (Å²) in [5.74, 6) is -1.08. The van der Waals surface area contributed by atoms with Crippen LogP contribution in [0.25, 0.3) is 11.0 Å². The number of carboxylic acid groups (broad SMARTS) is 1. The molecule has 0 bridgehead atoms. The van der Waals surface area contributed by atoms with Crippen molar-refractivity contribution in [3.05, 3.63) is 42.2 Å². The predicted molar refractivity (Wildman–Crippen MR) is 105 cm³/mol. The lowest BCUT2D eigenvalue weighted by Gasteiger charge is -2.19. The fourth-order valence-electron chi connectivity index (χ4n) is 3.12. The number of rotatable bonds is 9. The molecular formula is C19H24N6O3. The predicted octanol–water partition coefficient (Wildman–Crippen LogP) is 1.91. The van der Waals surface area contributed by atoms with Gasteiger partial charge in [0.15, 0.2) is 0 Å². The van der Waals surface area contributed by atoms with Crippen LogP contribution in [0.15, 0.2) is 36.5 Å². The number of para-hydroxylation sites is 2. The fourth-order valence-corrected chi connectivity index (χ4v) is 3.12. The number of fused-ring (bicyclic) bond motifs is 1. The molecule has 0 fully saturated rings. The third kappa shape index (κ3) is 4.20. The Morgan fingerprint density at radius 2 is 1.93 bits per heavy atom. The zero-order valence-corrected chi connectivity index (χ0v) is 16.0. The van der Waals surface area contributed by atoms with Crippen LogP contribution in [0, 0.1) is 0 Å². The van der Waals surface area contributed by atoms with Crippen molar-refractivity contribution >= 4 is 28.9 Å². The molecule has 0 atom stereocenters. The maximum Gasteiger partial charge on any atom is 0.325 e. The lowest BCUT2D eigenvalue weighted by atomic mass is 10.3. The van der Waals surface area contributed by atoms with Gasteiger partial charge in [-0.05, 0) is 31.3 Å². The van der Waals surface area contributed by atoms with Crippen molar-refractivity contribution in [2.75, 3.05) is 25.0 Å². The molecule has 0 unspecified atom stereocenters. The minimum absolute atomic E-state index is 0.171. The third-order valence-electron chi connectivity index (χ3n) is 4.65. The van der Waals surface area contributed by atoms with Gasteiger partial charge >= 0.3 is 5.97 Å². The number of amides is 1. The molecule has 0 aliphatic rings. The first-order valence-electron chi connectivity index (χ1n) is 9.26. The summed E-state index contributed by atoms with van der Waals surface area (Å²) in [6.07, 6.45) is 1.40. The number of benzene rings is 1. The summed E-state index contributed by atoms with van der Waals surface area (Å²) in [6, 6.07) is 9.19. The summed E-state index contributed by atoms with van der Waals surface area (Å²) in [5.41, 5.74) is 1.89. The summed E-state index contributed by atoms with van der Waals surface area (Å²) in [5, 5.41) is 15.7. The van der Waals surface area contributed by atoms with Gasteiger partial charge in [0, 0.05) is 19.3 Å². The summed E-state index contributed by atoms with van der Waals surface area (Å²) in [4.78, 5) is 30.5. The van der Waals surface area contributed by atoms with Gasteiger partial charge in [-0.25, -0.2) is 9.67 Å². The molecule has 2 heterocycles. The van der Waals surface area contributed by atoms with Gasteiger partial charge in [0.05, 0.1) is 11.0 Å². The van der Waals surface area contributed by atoms with Crippen molar-refractivity contribution in [3.8, 4) is 0 Å². The fraction of sp³-hybridized carbons (Fsp3) is 0.368. The zero-order chi connectivity index (χ0) is 20.1. The topological polar surface area (TPSA) is 105 Å². The quantitative estimate of drug-likeness (QED) is 0.584. The summed E-state index contributed by atoms with van der Waals surface area (Å²) >= 11 is 0. The molecule has 0 spiro atoms. The Hall–Kier alpha value is -3.20. The van der Waals surface area contributed by atoms with Crippen molar-refractivity contribution in [2.24, 2.45) is 0 Å². The number of carbonyl (C=O) groups is 2. The first-order valence-corrected chi connectivity index (χ1v) is 9.26. The highest BCUT2D eigenvalue weighted by atomic mass is 16.4. The maximum atomic E-state index is 12.7. The Morgan fingerprint density at radius 1 is 1.18 bits per heavy atom. The number of aliphatic carboxylic acids is 1. The Labute approximate surface area is 162 Å². The SMILES string of the molecule is CCN(CC)CCn1c(NC(=O)c2ccnn2CC(=O)O)nc2ccccc21. The summed E-state index contributed by atoms with van der Waals surface area (Å²) < 4.78 is 3.13. The molecule has 9 heteroatoms. The standard InChI is InChI=1S/C19H24N6O3/c1-3-23(4-2)11-12-24-15-8-6-5-7-14(15)21-19(24)22-18(28)16-9-10-20-25(16)13-17(26)27/h5-10H,3-4,11-13H2,1-2H3,(H,26,27)(H,21,22,28). The molecule has 1 amide bonds. The van der Waals surface area contributed by atoms with Crippen molar-refractivity contribution in [1.82, 2.24) is 24.2 Å². The molecule has 3 rings (SSSR count). The number of hydrogen-bond donors (Lipinski definition) is 2. The van der Waals surface area contributed by atoms with Crippen molar-refractivity contribution in [1.29, 1.82) is 0 Å². The van der Waals surface area contributed by atoms with Crippen LogP contribution in [0.2, 0.25) is 0 Å². The van der Waals surface area contributed by atoms with Crippen molar-refractivity contribution in [3.63, 3.8) is 0 Å². The number of imidazole rings is 1. The summed E-state index contributed by atoms with van der Waals surface area (Å²) in [7, 11) is 0. The molecule has 3 aromatic rings. The van der Waals surface area contributed by atoms with Crippen molar-refractivity contribution < 1.29 is 14.7 Å². The Balaban J connectivity index is 1.88. The van der Waals surface area contributed by atoms with E-state index in [4.69, 9.17) is 5.11 Å². The van der Waals surface area contributed by atoms with Crippen LogP contribution < -0.4 is 5.32 Å². The molecule has 0 saturated heterocycles. The van der Waals surface area contributed by atoms with Gasteiger partial charge < -0.3 is 14.6 Å². The Kier molecular flexibility index (Phi) is 6.05.